The zero-order valence-corrected chi connectivity index (χ0v) is 49.2. The fraction of sp³-hybridized carbons (Fsp3) is 0.842. The number of carbonyl (C=O) groups is 6. The van der Waals surface area contributed by atoms with Crippen molar-refractivity contribution in [3.63, 3.8) is 0 Å². The first-order chi connectivity index (χ1) is 36.5. The molecule has 0 amide bonds. The molecule has 1 aromatic heterocycles. The van der Waals surface area contributed by atoms with Crippen LogP contribution in [0.3, 0.4) is 0 Å². The third-order valence-corrected chi connectivity index (χ3v) is 15.9. The molecule has 0 unspecified atom stereocenters. The second-order valence-corrected chi connectivity index (χ2v) is 23.3. The Morgan fingerprint density at radius 2 is 0.480 bits per heavy atom. The molecule has 0 saturated heterocycles. The van der Waals surface area contributed by atoms with Gasteiger partial charge in [0.25, 0.3) is 0 Å². The van der Waals surface area contributed by atoms with Crippen molar-refractivity contribution in [3.8, 4) is 0 Å². The molecule has 432 valence electrons. The molecular weight excluding hydrogens is 1010 g/mol. The van der Waals surface area contributed by atoms with Crippen LogP contribution in [0, 0.1) is 0 Å². The van der Waals surface area contributed by atoms with Crippen molar-refractivity contribution in [2.24, 2.45) is 0 Å². The molecule has 75 heavy (non-hydrogen) atoms. The second kappa shape index (κ2) is 49.2. The van der Waals surface area contributed by atoms with E-state index in [2.05, 4.69) is 20.8 Å². The van der Waals surface area contributed by atoms with E-state index in [9.17, 15) is 43.2 Å². The molecule has 1 aromatic rings. The van der Waals surface area contributed by atoms with Crippen molar-refractivity contribution in [1.82, 2.24) is 13.7 Å². The minimum atomic E-state index is -1.46. The van der Waals surface area contributed by atoms with E-state index in [1.165, 1.54) is 170 Å². The smallest absolute Gasteiger partial charge is 0.350 e. The van der Waals surface area contributed by atoms with Crippen molar-refractivity contribution in [3.05, 3.63) is 31.5 Å². The summed E-state index contributed by atoms with van der Waals surface area (Å²) in [6, 6.07) is 0. The number of rotatable bonds is 51. The Balaban J connectivity index is 2.74. The predicted octanol–water partition coefficient (Wildman–Crippen LogP) is 13.0. The molecular formula is C57H99N3O12S3. The summed E-state index contributed by atoms with van der Waals surface area (Å²) in [5, 5.41) is 0. The van der Waals surface area contributed by atoms with Gasteiger partial charge in [0.1, 0.15) is 0 Å². The van der Waals surface area contributed by atoms with Crippen LogP contribution in [0.15, 0.2) is 14.4 Å². The Labute approximate surface area is 463 Å². The van der Waals surface area contributed by atoms with E-state index in [1.54, 1.807) is 0 Å². The van der Waals surface area contributed by atoms with Gasteiger partial charge in [-0.1, -0.05) is 194 Å². The number of carbonyl (C=O) groups excluding carboxylic acids is 6. The summed E-state index contributed by atoms with van der Waals surface area (Å²) in [7, 11) is 0. The Hall–Kier alpha value is -3.12. The Bertz CT molecular complexity index is 1640. The summed E-state index contributed by atoms with van der Waals surface area (Å²) in [5.74, 6) is -2.83. The molecule has 1 rings (SSSR count). The summed E-state index contributed by atoms with van der Waals surface area (Å²) in [6.45, 7) is 7.68. The van der Waals surface area contributed by atoms with Crippen molar-refractivity contribution in [1.29, 1.82) is 0 Å². The molecule has 0 aromatic carbocycles. The lowest BCUT2D eigenvalue weighted by Crippen LogP contribution is -2.59. The summed E-state index contributed by atoms with van der Waals surface area (Å²) in [5.41, 5.74) is -4.39. The first kappa shape index (κ1) is 69.9. The first-order valence-corrected chi connectivity index (χ1v) is 32.8. The average Bonchev–Trinajstić information content (AvgIpc) is 3.38. The van der Waals surface area contributed by atoms with Crippen LogP contribution >= 0.6 is 35.3 Å². The van der Waals surface area contributed by atoms with Gasteiger partial charge in [-0.3, -0.25) is 28.8 Å². The number of unbranched alkanes of at least 4 members (excludes halogenated alkanes) is 27. The van der Waals surface area contributed by atoms with E-state index in [4.69, 9.17) is 14.2 Å². The third-order valence-electron chi connectivity index (χ3n) is 12.9. The summed E-state index contributed by atoms with van der Waals surface area (Å²) in [4.78, 5) is 118. The topological polar surface area (TPSA) is 196 Å². The molecule has 0 bridgehead atoms. The highest BCUT2D eigenvalue weighted by atomic mass is 32.2. The molecule has 0 aliphatic heterocycles. The van der Waals surface area contributed by atoms with Gasteiger partial charge in [0.15, 0.2) is 0 Å². The number of hydrogen-bond acceptors (Lipinski definition) is 15. The maximum atomic E-state index is 13.7. The molecule has 0 radical (unpaired) electrons. The maximum Gasteiger partial charge on any atom is 0.350 e. The Morgan fingerprint density at radius 3 is 0.693 bits per heavy atom. The second-order valence-electron chi connectivity index (χ2n) is 19.6. The number of thioether (sulfide) groups is 3. The first-order valence-electron chi connectivity index (χ1n) is 29.3. The molecule has 0 saturated carbocycles. The zero-order chi connectivity index (χ0) is 55.0. The largest absolute Gasteiger partial charge is 0.466 e. The van der Waals surface area contributed by atoms with Gasteiger partial charge in [0.2, 0.25) is 17.7 Å². The quantitative estimate of drug-likeness (QED) is 0.0339. The highest BCUT2D eigenvalue weighted by molar-refractivity contribution is 7.99. The van der Waals surface area contributed by atoms with Crippen LogP contribution in [-0.2, 0) is 28.6 Å². The van der Waals surface area contributed by atoms with Crippen molar-refractivity contribution in [2.45, 2.75) is 252 Å². The van der Waals surface area contributed by atoms with Crippen LogP contribution in [0.2, 0.25) is 0 Å². The van der Waals surface area contributed by atoms with Gasteiger partial charge in [0, 0.05) is 53.8 Å². The van der Waals surface area contributed by atoms with E-state index in [0.29, 0.717) is 37.1 Å². The highest BCUT2D eigenvalue weighted by Crippen LogP contribution is 2.15. The number of ether oxygens (including phenoxy) is 3. The van der Waals surface area contributed by atoms with Gasteiger partial charge in [-0.15, -0.1) is 0 Å². The number of esters is 3. The van der Waals surface area contributed by atoms with E-state index in [-0.39, 0.29) is 87.4 Å². The van der Waals surface area contributed by atoms with Crippen LogP contribution in [0.5, 0.6) is 0 Å². The van der Waals surface area contributed by atoms with Gasteiger partial charge in [-0.2, -0.15) is 49.0 Å². The lowest BCUT2D eigenvalue weighted by Gasteiger charge is -2.12. The fourth-order valence-corrected chi connectivity index (χ4v) is 10.8. The SMILES string of the molecule is CCCCCCCCCCCCOC(=O)CCSCCC(=O)n1c(=O)n(C(=O)CCSCCC(=O)OCCCCCCCCCCCC)c(=O)n(C(=O)CCSCCC(=O)OCCCCCCCCCCCC)c1=O. The Kier molecular flexibility index (Phi) is 45.8. The summed E-state index contributed by atoms with van der Waals surface area (Å²) in [6.07, 6.45) is 34.4. The van der Waals surface area contributed by atoms with E-state index in [0.717, 1.165) is 57.8 Å². The average molecular weight is 1110 g/mol. The standard InChI is InChI=1S/C57H99N3O12S3/c1-4-7-10-13-16-19-22-25-28-31-40-70-52(64)37-46-73-43-34-49(61)58-55(67)59(50(62)35-44-74-47-38-53(65)71-41-32-29-26-23-20-17-14-11-8-5-2)57(69)60(56(58)68)51(63)36-45-75-48-39-54(66)72-42-33-30-27-24-21-18-15-12-9-6-3/h4-48H2,1-3H3. The van der Waals surface area contributed by atoms with Gasteiger partial charge < -0.3 is 14.2 Å². The molecule has 0 aliphatic carbocycles. The minimum Gasteiger partial charge on any atom is -0.466 e. The van der Waals surface area contributed by atoms with Gasteiger partial charge in [0.05, 0.1) is 39.1 Å². The normalized spacial score (nSPS) is 11.2. The summed E-state index contributed by atoms with van der Waals surface area (Å²) < 4.78 is 16.6. The number of aromatic nitrogens is 3. The highest BCUT2D eigenvalue weighted by Gasteiger charge is 2.26. The fourth-order valence-electron chi connectivity index (χ4n) is 8.32. The molecule has 18 heteroatoms. The van der Waals surface area contributed by atoms with Crippen LogP contribution < -0.4 is 17.1 Å². The molecule has 0 N–H and O–H groups in total. The molecule has 1 heterocycles. The number of nitrogens with zero attached hydrogens (tertiary/aromatic N) is 3. The lowest BCUT2D eigenvalue weighted by molar-refractivity contribution is -0.144. The van der Waals surface area contributed by atoms with Crippen LogP contribution in [0.4, 0.5) is 0 Å². The molecule has 0 fully saturated rings. The van der Waals surface area contributed by atoms with E-state index >= 15 is 0 Å². The Morgan fingerprint density at radius 1 is 0.293 bits per heavy atom. The monoisotopic (exact) mass is 1110 g/mol. The third kappa shape index (κ3) is 36.6. The lowest BCUT2D eigenvalue weighted by atomic mass is 10.1. The summed E-state index contributed by atoms with van der Waals surface area (Å²) >= 11 is 3.71. The van der Waals surface area contributed by atoms with E-state index in [1.807, 2.05) is 0 Å². The van der Waals surface area contributed by atoms with Gasteiger partial charge in [-0.05, 0) is 19.3 Å². The molecule has 0 aliphatic rings. The van der Waals surface area contributed by atoms with Gasteiger partial charge in [-0.25, -0.2) is 14.4 Å². The zero-order valence-electron chi connectivity index (χ0n) is 46.8. The van der Waals surface area contributed by atoms with Crippen LogP contribution in [0.1, 0.15) is 266 Å². The van der Waals surface area contributed by atoms with Crippen LogP contribution in [-0.4, -0.2) is 104 Å². The minimum absolute atomic E-state index is 0.105. The maximum absolute atomic E-state index is 13.7. The van der Waals surface area contributed by atoms with E-state index < -0.39 is 34.8 Å². The molecule has 0 atom stereocenters. The van der Waals surface area contributed by atoms with Crippen molar-refractivity contribution < 1.29 is 43.0 Å². The molecule has 15 nitrogen and oxygen atoms in total. The van der Waals surface area contributed by atoms with Crippen molar-refractivity contribution in [2.75, 3.05) is 54.3 Å². The van der Waals surface area contributed by atoms with Crippen molar-refractivity contribution >= 4 is 70.9 Å². The van der Waals surface area contributed by atoms with Gasteiger partial charge >= 0.3 is 35.0 Å². The molecule has 0 spiro atoms. The number of hydrogen-bond donors (Lipinski definition) is 0. The predicted molar refractivity (Wildman–Crippen MR) is 309 cm³/mol. The van der Waals surface area contributed by atoms with Crippen LogP contribution in [0.25, 0.3) is 0 Å².